The fraction of sp³-hybridized carbons (Fsp3) is 0.100. The standard InChI is InChI=1S/C10H10FN3O/c11-7-3-8(12)5-9(4-7)13-6-10-1-2-14-15-10/h1-5,13H,6,12H2. The van der Waals surface area contributed by atoms with Crippen LogP contribution in [-0.4, -0.2) is 5.16 Å². The molecule has 0 aliphatic rings. The minimum Gasteiger partial charge on any atom is -0.399 e. The third-order valence-corrected chi connectivity index (χ3v) is 1.88. The SMILES string of the molecule is Nc1cc(F)cc(NCc2ccno2)c1. The molecule has 0 saturated carbocycles. The highest BCUT2D eigenvalue weighted by atomic mass is 19.1. The van der Waals surface area contributed by atoms with Gasteiger partial charge in [0.15, 0.2) is 5.76 Å². The molecule has 78 valence electrons. The first-order valence-corrected chi connectivity index (χ1v) is 4.43. The fourth-order valence-electron chi connectivity index (χ4n) is 1.24. The number of anilines is 2. The van der Waals surface area contributed by atoms with Crippen molar-refractivity contribution in [3.8, 4) is 0 Å². The number of hydrogen-bond donors (Lipinski definition) is 2. The molecule has 1 heterocycles. The number of hydrogen-bond acceptors (Lipinski definition) is 4. The van der Waals surface area contributed by atoms with Crippen LogP contribution in [0.3, 0.4) is 0 Å². The van der Waals surface area contributed by atoms with Crippen molar-refractivity contribution >= 4 is 11.4 Å². The van der Waals surface area contributed by atoms with Crippen LogP contribution in [0.4, 0.5) is 15.8 Å². The van der Waals surface area contributed by atoms with E-state index in [4.69, 9.17) is 10.3 Å². The first-order chi connectivity index (χ1) is 7.24. The van der Waals surface area contributed by atoms with Gasteiger partial charge in [-0.15, -0.1) is 0 Å². The van der Waals surface area contributed by atoms with Crippen LogP contribution in [0, 0.1) is 5.82 Å². The van der Waals surface area contributed by atoms with Gasteiger partial charge in [-0.1, -0.05) is 5.16 Å². The van der Waals surface area contributed by atoms with Gasteiger partial charge >= 0.3 is 0 Å². The molecular formula is C10H10FN3O. The van der Waals surface area contributed by atoms with Crippen LogP contribution in [0.1, 0.15) is 5.76 Å². The van der Waals surface area contributed by atoms with E-state index in [1.807, 2.05) is 0 Å². The number of aromatic nitrogens is 1. The molecule has 4 nitrogen and oxygen atoms in total. The van der Waals surface area contributed by atoms with Crippen molar-refractivity contribution in [3.63, 3.8) is 0 Å². The Morgan fingerprint density at radius 2 is 2.27 bits per heavy atom. The summed E-state index contributed by atoms with van der Waals surface area (Å²) >= 11 is 0. The molecule has 5 heteroatoms. The Morgan fingerprint density at radius 3 is 2.93 bits per heavy atom. The van der Waals surface area contributed by atoms with Crippen molar-refractivity contribution in [3.05, 3.63) is 42.0 Å². The highest BCUT2D eigenvalue weighted by molar-refractivity contribution is 5.54. The molecule has 15 heavy (non-hydrogen) atoms. The van der Waals surface area contributed by atoms with Gasteiger partial charge in [0, 0.05) is 17.4 Å². The monoisotopic (exact) mass is 207 g/mol. The Kier molecular flexibility index (Phi) is 2.53. The van der Waals surface area contributed by atoms with Gasteiger partial charge < -0.3 is 15.6 Å². The first kappa shape index (κ1) is 9.51. The molecule has 0 fully saturated rings. The normalized spacial score (nSPS) is 10.2. The van der Waals surface area contributed by atoms with Crippen LogP contribution in [-0.2, 0) is 6.54 Å². The maximum absolute atomic E-state index is 12.9. The zero-order valence-corrected chi connectivity index (χ0v) is 7.90. The molecule has 1 aromatic carbocycles. The lowest BCUT2D eigenvalue weighted by atomic mass is 10.2. The first-order valence-electron chi connectivity index (χ1n) is 4.43. The van der Waals surface area contributed by atoms with Crippen LogP contribution in [0.15, 0.2) is 35.0 Å². The van der Waals surface area contributed by atoms with Gasteiger partial charge in [-0.3, -0.25) is 0 Å². The number of nitrogens with zero attached hydrogens (tertiary/aromatic N) is 1. The summed E-state index contributed by atoms with van der Waals surface area (Å²) in [5, 5.41) is 6.53. The smallest absolute Gasteiger partial charge is 0.155 e. The largest absolute Gasteiger partial charge is 0.399 e. The Bertz CT molecular complexity index is 422. The predicted molar refractivity (Wildman–Crippen MR) is 54.6 cm³/mol. The average molecular weight is 207 g/mol. The lowest BCUT2D eigenvalue weighted by Crippen LogP contribution is -1.99. The lowest BCUT2D eigenvalue weighted by Gasteiger charge is -2.04. The van der Waals surface area contributed by atoms with Crippen LogP contribution in [0.25, 0.3) is 0 Å². The topological polar surface area (TPSA) is 64.1 Å². The van der Waals surface area contributed by atoms with Crippen molar-refractivity contribution in [1.82, 2.24) is 5.16 Å². The van der Waals surface area contributed by atoms with Crippen molar-refractivity contribution < 1.29 is 8.91 Å². The third kappa shape index (κ3) is 2.46. The maximum atomic E-state index is 12.9. The maximum Gasteiger partial charge on any atom is 0.155 e. The van der Waals surface area contributed by atoms with E-state index in [0.717, 1.165) is 0 Å². The van der Waals surface area contributed by atoms with Crippen molar-refractivity contribution in [1.29, 1.82) is 0 Å². The van der Waals surface area contributed by atoms with Gasteiger partial charge in [-0.05, 0) is 18.2 Å². The van der Waals surface area contributed by atoms with Crippen molar-refractivity contribution in [2.45, 2.75) is 6.54 Å². The van der Waals surface area contributed by atoms with E-state index in [1.54, 1.807) is 18.3 Å². The lowest BCUT2D eigenvalue weighted by molar-refractivity contribution is 0.388. The number of benzene rings is 1. The predicted octanol–water partition coefficient (Wildman–Crippen LogP) is 2.01. The van der Waals surface area contributed by atoms with Crippen molar-refractivity contribution in [2.75, 3.05) is 11.1 Å². The van der Waals surface area contributed by atoms with Gasteiger partial charge in [-0.25, -0.2) is 4.39 Å². The zero-order valence-electron chi connectivity index (χ0n) is 7.90. The molecule has 0 spiro atoms. The summed E-state index contributed by atoms with van der Waals surface area (Å²) in [6.45, 7) is 0.447. The number of rotatable bonds is 3. The molecular weight excluding hydrogens is 197 g/mol. The molecule has 0 saturated heterocycles. The molecule has 0 atom stereocenters. The summed E-state index contributed by atoms with van der Waals surface area (Å²) < 4.78 is 17.8. The minimum atomic E-state index is -0.366. The molecule has 0 unspecified atom stereocenters. The van der Waals surface area contributed by atoms with Gasteiger partial charge in [0.1, 0.15) is 5.82 Å². The van der Waals surface area contributed by atoms with Gasteiger partial charge in [0.05, 0.1) is 12.7 Å². The van der Waals surface area contributed by atoms with Crippen LogP contribution < -0.4 is 11.1 Å². The molecule has 0 radical (unpaired) electrons. The van der Waals surface area contributed by atoms with E-state index in [0.29, 0.717) is 23.7 Å². The van der Waals surface area contributed by atoms with Gasteiger partial charge in [-0.2, -0.15) is 0 Å². The Balaban J connectivity index is 2.05. The van der Waals surface area contributed by atoms with Crippen molar-refractivity contribution in [2.24, 2.45) is 0 Å². The highest BCUT2D eigenvalue weighted by Gasteiger charge is 2.00. The van der Waals surface area contributed by atoms with E-state index in [9.17, 15) is 4.39 Å². The third-order valence-electron chi connectivity index (χ3n) is 1.88. The van der Waals surface area contributed by atoms with Crippen LogP contribution >= 0.6 is 0 Å². The molecule has 0 aliphatic heterocycles. The van der Waals surface area contributed by atoms with E-state index in [-0.39, 0.29) is 5.82 Å². The van der Waals surface area contributed by atoms with Crippen LogP contribution in [0.5, 0.6) is 0 Å². The Morgan fingerprint density at radius 1 is 1.40 bits per heavy atom. The summed E-state index contributed by atoms with van der Waals surface area (Å²) in [6, 6.07) is 6.02. The van der Waals surface area contributed by atoms with E-state index in [2.05, 4.69) is 10.5 Å². The summed E-state index contributed by atoms with van der Waals surface area (Å²) in [6.07, 6.45) is 1.55. The highest BCUT2D eigenvalue weighted by Crippen LogP contribution is 2.16. The summed E-state index contributed by atoms with van der Waals surface area (Å²) in [5.41, 5.74) is 6.49. The zero-order chi connectivity index (χ0) is 10.7. The fourth-order valence-corrected chi connectivity index (χ4v) is 1.24. The van der Waals surface area contributed by atoms with Gasteiger partial charge in [0.25, 0.3) is 0 Å². The number of halogens is 1. The summed E-state index contributed by atoms with van der Waals surface area (Å²) in [5.74, 6) is 0.313. The molecule has 1 aromatic heterocycles. The molecule has 0 amide bonds. The van der Waals surface area contributed by atoms with Crippen LogP contribution in [0.2, 0.25) is 0 Å². The Hall–Kier alpha value is -2.04. The molecule has 3 N–H and O–H groups in total. The second kappa shape index (κ2) is 4.00. The second-order valence-corrected chi connectivity index (χ2v) is 3.11. The quantitative estimate of drug-likeness (QED) is 0.755. The summed E-state index contributed by atoms with van der Waals surface area (Å²) in [4.78, 5) is 0. The summed E-state index contributed by atoms with van der Waals surface area (Å²) in [7, 11) is 0. The van der Waals surface area contributed by atoms with Gasteiger partial charge in [0.2, 0.25) is 0 Å². The van der Waals surface area contributed by atoms with E-state index >= 15 is 0 Å². The minimum absolute atomic E-state index is 0.366. The average Bonchev–Trinajstić information content (AvgIpc) is 2.65. The molecule has 0 bridgehead atoms. The molecule has 2 aromatic rings. The molecule has 2 rings (SSSR count). The number of nitrogens with one attached hydrogen (secondary N) is 1. The molecule has 0 aliphatic carbocycles. The van der Waals surface area contributed by atoms with E-state index < -0.39 is 0 Å². The number of nitrogen functional groups attached to an aromatic ring is 1. The second-order valence-electron chi connectivity index (χ2n) is 3.11. The Labute approximate surface area is 85.9 Å². The number of nitrogens with two attached hydrogens (primary N) is 1. The van der Waals surface area contributed by atoms with E-state index in [1.165, 1.54) is 12.1 Å².